The second kappa shape index (κ2) is 5.65. The van der Waals surface area contributed by atoms with Gasteiger partial charge in [0.2, 0.25) is 0 Å². The van der Waals surface area contributed by atoms with Gasteiger partial charge in [0.15, 0.2) is 0 Å². The minimum atomic E-state index is -0.326. The summed E-state index contributed by atoms with van der Waals surface area (Å²) in [6.45, 7) is 4.24. The number of hydrogen-bond donors (Lipinski definition) is 1. The number of carbonyl (C=O) groups excluding carboxylic acids is 1. The molecule has 2 rings (SSSR count). The first-order valence-corrected chi connectivity index (χ1v) is 6.99. The first kappa shape index (κ1) is 12.6. The fraction of sp³-hybridized carbons (Fsp3) is 0.615. The van der Waals surface area contributed by atoms with E-state index < -0.39 is 0 Å². The smallest absolute Gasteiger partial charge is 0.313 e. The molecule has 0 spiro atoms. The number of nitrogens with one attached hydrogen (secondary N) is 1. The lowest BCUT2D eigenvalue weighted by atomic mass is 9.83. The van der Waals surface area contributed by atoms with Gasteiger partial charge < -0.3 is 10.1 Å². The van der Waals surface area contributed by atoms with E-state index in [1.54, 1.807) is 11.3 Å². The molecule has 1 aliphatic rings. The molecule has 0 radical (unpaired) electrons. The summed E-state index contributed by atoms with van der Waals surface area (Å²) in [5, 5.41) is 5.31. The van der Waals surface area contributed by atoms with Gasteiger partial charge in [-0.1, -0.05) is 6.07 Å². The fourth-order valence-corrected chi connectivity index (χ4v) is 2.79. The average Bonchev–Trinajstić information content (AvgIpc) is 2.83. The number of ether oxygens (including phenoxy) is 1. The normalized spacial score (nSPS) is 24.5. The van der Waals surface area contributed by atoms with Gasteiger partial charge in [0.25, 0.3) is 0 Å². The van der Waals surface area contributed by atoms with E-state index in [4.69, 9.17) is 4.74 Å². The molecule has 1 saturated heterocycles. The molecular formula is C13H19NO2S. The van der Waals surface area contributed by atoms with Crippen molar-refractivity contribution in [2.45, 2.75) is 26.2 Å². The summed E-state index contributed by atoms with van der Waals surface area (Å²) >= 11 is 1.71. The molecule has 4 heteroatoms. The van der Waals surface area contributed by atoms with Crippen molar-refractivity contribution in [1.29, 1.82) is 0 Å². The highest BCUT2D eigenvalue weighted by Gasteiger charge is 2.35. The van der Waals surface area contributed by atoms with Crippen molar-refractivity contribution in [2.24, 2.45) is 5.41 Å². The maximum atomic E-state index is 12.0. The number of hydrogen-bond acceptors (Lipinski definition) is 4. The Morgan fingerprint density at radius 3 is 3.18 bits per heavy atom. The highest BCUT2D eigenvalue weighted by molar-refractivity contribution is 7.09. The minimum Gasteiger partial charge on any atom is -0.465 e. The predicted molar refractivity (Wildman–Crippen MR) is 69.2 cm³/mol. The fourth-order valence-electron chi connectivity index (χ4n) is 2.10. The molecule has 0 bridgehead atoms. The zero-order valence-electron chi connectivity index (χ0n) is 10.2. The standard InChI is InChI=1S/C13H19NO2S/c1-13(6-3-7-14-10-13)12(15)16-8-5-11-4-2-9-17-11/h2,4,9,14H,3,5-8,10H2,1H3. The van der Waals surface area contributed by atoms with E-state index in [-0.39, 0.29) is 11.4 Å². The highest BCUT2D eigenvalue weighted by atomic mass is 32.1. The zero-order chi connectivity index (χ0) is 12.1. The molecule has 1 aliphatic heterocycles. The van der Waals surface area contributed by atoms with Crippen molar-refractivity contribution in [3.63, 3.8) is 0 Å². The van der Waals surface area contributed by atoms with Crippen LogP contribution in [0.5, 0.6) is 0 Å². The van der Waals surface area contributed by atoms with E-state index in [0.29, 0.717) is 6.61 Å². The summed E-state index contributed by atoms with van der Waals surface area (Å²) in [5.74, 6) is -0.0544. The third-order valence-electron chi connectivity index (χ3n) is 3.25. The van der Waals surface area contributed by atoms with Crippen LogP contribution in [-0.2, 0) is 16.0 Å². The first-order valence-electron chi connectivity index (χ1n) is 6.11. The number of carbonyl (C=O) groups is 1. The average molecular weight is 253 g/mol. The third-order valence-corrected chi connectivity index (χ3v) is 4.19. The van der Waals surface area contributed by atoms with Gasteiger partial charge in [-0.2, -0.15) is 0 Å². The minimum absolute atomic E-state index is 0.0544. The van der Waals surface area contributed by atoms with E-state index in [1.807, 2.05) is 18.4 Å². The van der Waals surface area contributed by atoms with Crippen molar-refractivity contribution in [3.05, 3.63) is 22.4 Å². The van der Waals surface area contributed by atoms with Crippen LogP contribution >= 0.6 is 11.3 Å². The van der Waals surface area contributed by atoms with Crippen LogP contribution in [0.4, 0.5) is 0 Å². The third kappa shape index (κ3) is 3.30. The number of thiophene rings is 1. The summed E-state index contributed by atoms with van der Waals surface area (Å²) in [7, 11) is 0. The maximum absolute atomic E-state index is 12.0. The molecule has 1 N–H and O–H groups in total. The molecule has 1 unspecified atom stereocenters. The first-order chi connectivity index (χ1) is 8.21. The van der Waals surface area contributed by atoms with Crippen LogP contribution < -0.4 is 5.32 Å². The van der Waals surface area contributed by atoms with Crippen molar-refractivity contribution in [2.75, 3.05) is 19.7 Å². The Balaban J connectivity index is 1.76. The summed E-state index contributed by atoms with van der Waals surface area (Å²) in [5.41, 5.74) is -0.326. The van der Waals surface area contributed by atoms with E-state index >= 15 is 0 Å². The van der Waals surface area contributed by atoms with Gasteiger partial charge in [-0.05, 0) is 37.8 Å². The lowest BCUT2D eigenvalue weighted by molar-refractivity contribution is -0.155. The van der Waals surface area contributed by atoms with Crippen molar-refractivity contribution >= 4 is 17.3 Å². The largest absolute Gasteiger partial charge is 0.465 e. The maximum Gasteiger partial charge on any atom is 0.313 e. The van der Waals surface area contributed by atoms with Gasteiger partial charge in [-0.25, -0.2) is 0 Å². The van der Waals surface area contributed by atoms with E-state index in [2.05, 4.69) is 11.4 Å². The molecule has 94 valence electrons. The predicted octanol–water partition coefficient (Wildman–Crippen LogP) is 2.22. The monoisotopic (exact) mass is 253 g/mol. The van der Waals surface area contributed by atoms with Gasteiger partial charge in [0, 0.05) is 17.8 Å². The van der Waals surface area contributed by atoms with Crippen LogP contribution in [0, 0.1) is 5.41 Å². The summed E-state index contributed by atoms with van der Waals surface area (Å²) < 4.78 is 5.39. The SMILES string of the molecule is CC1(C(=O)OCCc2cccs2)CCCNC1. The van der Waals surface area contributed by atoms with Crippen molar-refractivity contribution in [3.8, 4) is 0 Å². The number of piperidine rings is 1. The second-order valence-corrected chi connectivity index (χ2v) is 5.84. The number of rotatable bonds is 4. The Labute approximate surface area is 106 Å². The number of esters is 1. The molecule has 0 amide bonds. The molecular weight excluding hydrogens is 234 g/mol. The molecule has 1 aromatic rings. The molecule has 0 aliphatic carbocycles. The Kier molecular flexibility index (Phi) is 4.18. The molecule has 17 heavy (non-hydrogen) atoms. The lowest BCUT2D eigenvalue weighted by Crippen LogP contribution is -2.44. The van der Waals surface area contributed by atoms with Crippen LogP contribution in [0.1, 0.15) is 24.6 Å². The van der Waals surface area contributed by atoms with Crippen LogP contribution in [0.3, 0.4) is 0 Å². The van der Waals surface area contributed by atoms with Crippen LogP contribution in [0.25, 0.3) is 0 Å². The summed E-state index contributed by atoms with van der Waals surface area (Å²) in [4.78, 5) is 13.3. The second-order valence-electron chi connectivity index (χ2n) is 4.81. The van der Waals surface area contributed by atoms with Gasteiger partial charge in [-0.15, -0.1) is 11.3 Å². The van der Waals surface area contributed by atoms with Crippen LogP contribution in [0.15, 0.2) is 17.5 Å². The van der Waals surface area contributed by atoms with E-state index in [1.165, 1.54) is 4.88 Å². The lowest BCUT2D eigenvalue weighted by Gasteiger charge is -2.31. The molecule has 1 fully saturated rings. The summed E-state index contributed by atoms with van der Waals surface area (Å²) in [6, 6.07) is 4.09. The van der Waals surface area contributed by atoms with Crippen LogP contribution in [-0.4, -0.2) is 25.7 Å². The quantitative estimate of drug-likeness (QED) is 0.836. The molecule has 1 aromatic heterocycles. The topological polar surface area (TPSA) is 38.3 Å². The van der Waals surface area contributed by atoms with Gasteiger partial charge in [-0.3, -0.25) is 4.79 Å². The Bertz CT molecular complexity index is 356. The molecule has 2 heterocycles. The van der Waals surface area contributed by atoms with Gasteiger partial charge in [0.1, 0.15) is 0 Å². The highest BCUT2D eigenvalue weighted by Crippen LogP contribution is 2.27. The van der Waals surface area contributed by atoms with Crippen molar-refractivity contribution < 1.29 is 9.53 Å². The van der Waals surface area contributed by atoms with E-state index in [0.717, 1.165) is 32.4 Å². The molecule has 3 nitrogen and oxygen atoms in total. The molecule has 1 atom stereocenters. The summed E-state index contributed by atoms with van der Waals surface area (Å²) in [6.07, 6.45) is 2.81. The van der Waals surface area contributed by atoms with Crippen LogP contribution in [0.2, 0.25) is 0 Å². The molecule has 0 aromatic carbocycles. The van der Waals surface area contributed by atoms with E-state index in [9.17, 15) is 4.79 Å². The van der Waals surface area contributed by atoms with Gasteiger partial charge in [0.05, 0.1) is 12.0 Å². The zero-order valence-corrected chi connectivity index (χ0v) is 11.0. The molecule has 0 saturated carbocycles. The Morgan fingerprint density at radius 2 is 2.53 bits per heavy atom. The Hall–Kier alpha value is -0.870. The van der Waals surface area contributed by atoms with Crippen molar-refractivity contribution in [1.82, 2.24) is 5.32 Å². The van der Waals surface area contributed by atoms with Gasteiger partial charge >= 0.3 is 5.97 Å². The Morgan fingerprint density at radius 1 is 1.65 bits per heavy atom.